The van der Waals surface area contributed by atoms with E-state index in [1.54, 1.807) is 16.4 Å². The third-order valence-electron chi connectivity index (χ3n) is 4.98. The highest BCUT2D eigenvalue weighted by Crippen LogP contribution is 2.25. The van der Waals surface area contributed by atoms with Gasteiger partial charge in [-0.1, -0.05) is 47.7 Å². The number of nitriles is 1. The quantitative estimate of drug-likeness (QED) is 0.340. The summed E-state index contributed by atoms with van der Waals surface area (Å²) in [4.78, 5) is 13.9. The first-order valence-corrected chi connectivity index (χ1v) is 12.6. The van der Waals surface area contributed by atoms with Crippen molar-refractivity contribution in [1.29, 1.82) is 5.26 Å². The zero-order valence-electron chi connectivity index (χ0n) is 18.8. The van der Waals surface area contributed by atoms with Crippen molar-refractivity contribution in [3.8, 4) is 11.8 Å². The fourth-order valence-corrected chi connectivity index (χ4v) is 4.91. The summed E-state index contributed by atoms with van der Waals surface area (Å²) in [5.74, 6) is 1.80. The number of nitrogens with one attached hydrogen (secondary N) is 1. The molecular formula is C24H23N7OS2. The first kappa shape index (κ1) is 23.6. The largest absolute Gasteiger partial charge is 0.309 e. The molecule has 10 heteroatoms. The van der Waals surface area contributed by atoms with Crippen molar-refractivity contribution in [2.24, 2.45) is 0 Å². The van der Waals surface area contributed by atoms with Crippen LogP contribution in [0.15, 0.2) is 70.8 Å². The average Bonchev–Trinajstić information content (AvgIpc) is 3.46. The van der Waals surface area contributed by atoms with E-state index in [0.29, 0.717) is 28.8 Å². The van der Waals surface area contributed by atoms with Crippen molar-refractivity contribution in [3.63, 3.8) is 0 Å². The number of rotatable bonds is 9. The van der Waals surface area contributed by atoms with Crippen LogP contribution < -0.4 is 5.32 Å². The second-order valence-corrected chi connectivity index (χ2v) is 9.34. The molecule has 8 nitrogen and oxygen atoms in total. The van der Waals surface area contributed by atoms with Gasteiger partial charge in [0.15, 0.2) is 11.0 Å². The van der Waals surface area contributed by atoms with E-state index in [9.17, 15) is 10.1 Å². The second kappa shape index (κ2) is 11.0. The molecule has 0 radical (unpaired) electrons. The first-order valence-electron chi connectivity index (χ1n) is 10.7. The number of carbonyl (C=O) groups excluding carboxylic acids is 1. The molecule has 2 heterocycles. The maximum atomic E-state index is 12.7. The summed E-state index contributed by atoms with van der Waals surface area (Å²) >= 11 is 3.02. The molecule has 0 spiro atoms. The van der Waals surface area contributed by atoms with Gasteiger partial charge in [0.1, 0.15) is 17.5 Å². The minimum absolute atomic E-state index is 0.133. The van der Waals surface area contributed by atoms with E-state index < -0.39 is 0 Å². The third kappa shape index (κ3) is 5.50. The number of thioether (sulfide) groups is 2. The molecule has 0 unspecified atom stereocenters. The van der Waals surface area contributed by atoms with Crippen LogP contribution in [-0.4, -0.2) is 36.2 Å². The van der Waals surface area contributed by atoms with Gasteiger partial charge in [0.2, 0.25) is 5.91 Å². The van der Waals surface area contributed by atoms with E-state index in [2.05, 4.69) is 57.9 Å². The molecule has 0 bridgehead atoms. The Bertz CT molecular complexity index is 1310. The number of aromatic nitrogens is 5. The summed E-state index contributed by atoms with van der Waals surface area (Å²) in [5.41, 5.74) is 2.29. The van der Waals surface area contributed by atoms with Crippen LogP contribution in [0, 0.1) is 18.3 Å². The molecule has 0 aliphatic carbocycles. The highest BCUT2D eigenvalue weighted by Gasteiger charge is 2.17. The minimum atomic E-state index is -0.250. The van der Waals surface area contributed by atoms with Crippen LogP contribution in [0.25, 0.3) is 5.69 Å². The van der Waals surface area contributed by atoms with E-state index >= 15 is 0 Å². The van der Waals surface area contributed by atoms with Gasteiger partial charge in [-0.05, 0) is 38.1 Å². The van der Waals surface area contributed by atoms with Gasteiger partial charge in [-0.2, -0.15) is 10.4 Å². The summed E-state index contributed by atoms with van der Waals surface area (Å²) in [5, 5.41) is 25.8. The van der Waals surface area contributed by atoms with Crippen molar-refractivity contribution in [1.82, 2.24) is 24.5 Å². The van der Waals surface area contributed by atoms with Crippen LogP contribution in [0.4, 0.5) is 5.82 Å². The monoisotopic (exact) mass is 489 g/mol. The molecule has 34 heavy (non-hydrogen) atoms. The lowest BCUT2D eigenvalue weighted by Crippen LogP contribution is -2.18. The predicted octanol–water partition coefficient (Wildman–Crippen LogP) is 4.69. The number of amides is 1. The molecule has 0 saturated carbocycles. The molecule has 1 amide bonds. The zero-order chi connectivity index (χ0) is 23.9. The molecule has 172 valence electrons. The van der Waals surface area contributed by atoms with Crippen LogP contribution in [0.1, 0.15) is 23.9 Å². The molecule has 0 fully saturated rings. The normalized spacial score (nSPS) is 10.7. The van der Waals surface area contributed by atoms with Crippen molar-refractivity contribution >= 4 is 35.2 Å². The zero-order valence-corrected chi connectivity index (χ0v) is 20.4. The predicted molar refractivity (Wildman–Crippen MR) is 134 cm³/mol. The fraction of sp³-hybridized carbons (Fsp3) is 0.208. The van der Waals surface area contributed by atoms with Crippen LogP contribution in [0.2, 0.25) is 0 Å². The van der Waals surface area contributed by atoms with Crippen molar-refractivity contribution in [3.05, 3.63) is 77.7 Å². The standard InChI is InChI=1S/C24H23N7OS2/c1-3-30-21(15-33-20-11-9-17(2)10-12-20)28-29-24(30)34-16-22(32)27-23-18(13-25)14-26-31(23)19-7-5-4-6-8-19/h4-12,14H,3,15-16H2,1-2H3,(H,27,32). The van der Waals surface area contributed by atoms with E-state index in [0.717, 1.165) is 11.5 Å². The Labute approximate surface area is 206 Å². The highest BCUT2D eigenvalue weighted by atomic mass is 32.2. The molecule has 0 aliphatic rings. The Morgan fingerprint density at radius 3 is 2.56 bits per heavy atom. The fourth-order valence-electron chi connectivity index (χ4n) is 3.25. The smallest absolute Gasteiger partial charge is 0.236 e. The van der Waals surface area contributed by atoms with Gasteiger partial charge >= 0.3 is 0 Å². The Morgan fingerprint density at radius 1 is 1.09 bits per heavy atom. The summed E-state index contributed by atoms with van der Waals surface area (Å²) < 4.78 is 3.57. The molecular weight excluding hydrogens is 466 g/mol. The summed E-state index contributed by atoms with van der Waals surface area (Å²) in [6, 6.07) is 19.8. The van der Waals surface area contributed by atoms with E-state index in [4.69, 9.17) is 0 Å². The van der Waals surface area contributed by atoms with Crippen LogP contribution in [-0.2, 0) is 17.1 Å². The molecule has 0 saturated heterocycles. The summed E-state index contributed by atoms with van der Waals surface area (Å²) in [6.07, 6.45) is 1.45. The van der Waals surface area contributed by atoms with Crippen molar-refractivity contribution in [2.75, 3.05) is 11.1 Å². The summed E-state index contributed by atoms with van der Waals surface area (Å²) in [7, 11) is 0. The van der Waals surface area contributed by atoms with Gasteiger partial charge in [0.25, 0.3) is 0 Å². The SMILES string of the molecule is CCn1c(CSc2ccc(C)cc2)nnc1SCC(=O)Nc1c(C#N)cnn1-c1ccccc1. The van der Waals surface area contributed by atoms with Crippen LogP contribution in [0.5, 0.6) is 0 Å². The summed E-state index contributed by atoms with van der Waals surface area (Å²) in [6.45, 7) is 4.81. The number of aryl methyl sites for hydroxylation is 1. The lowest BCUT2D eigenvalue weighted by atomic mass is 10.2. The van der Waals surface area contributed by atoms with Gasteiger partial charge < -0.3 is 9.88 Å². The molecule has 0 atom stereocenters. The first-order chi connectivity index (χ1) is 16.6. The number of hydrogen-bond donors (Lipinski definition) is 1. The minimum Gasteiger partial charge on any atom is -0.309 e. The average molecular weight is 490 g/mol. The number of carbonyl (C=O) groups is 1. The van der Waals surface area contributed by atoms with Crippen molar-refractivity contribution < 1.29 is 4.79 Å². The Kier molecular flexibility index (Phi) is 7.67. The molecule has 2 aromatic carbocycles. The topological polar surface area (TPSA) is 101 Å². The van der Waals surface area contributed by atoms with E-state index in [1.165, 1.54) is 28.4 Å². The molecule has 0 aliphatic heterocycles. The van der Waals surface area contributed by atoms with Gasteiger partial charge in [-0.25, -0.2) is 4.68 Å². The Morgan fingerprint density at radius 2 is 1.85 bits per heavy atom. The van der Waals surface area contributed by atoms with E-state index in [1.807, 2.05) is 41.8 Å². The van der Waals surface area contributed by atoms with Crippen LogP contribution >= 0.6 is 23.5 Å². The van der Waals surface area contributed by atoms with Gasteiger partial charge in [-0.3, -0.25) is 4.79 Å². The maximum Gasteiger partial charge on any atom is 0.236 e. The third-order valence-corrected chi connectivity index (χ3v) is 6.95. The van der Waals surface area contributed by atoms with Gasteiger partial charge in [-0.15, -0.1) is 22.0 Å². The van der Waals surface area contributed by atoms with Gasteiger partial charge in [0.05, 0.1) is 23.4 Å². The number of hydrogen-bond acceptors (Lipinski definition) is 7. The van der Waals surface area contributed by atoms with Crippen molar-refractivity contribution in [2.45, 2.75) is 36.2 Å². The molecule has 2 aromatic heterocycles. The molecule has 1 N–H and O–H groups in total. The second-order valence-electron chi connectivity index (χ2n) is 7.35. The Hall–Kier alpha value is -3.55. The maximum absolute atomic E-state index is 12.7. The number of anilines is 1. The lowest BCUT2D eigenvalue weighted by molar-refractivity contribution is -0.113. The number of para-hydroxylation sites is 1. The van der Waals surface area contributed by atoms with Crippen LogP contribution in [0.3, 0.4) is 0 Å². The molecule has 4 rings (SSSR count). The van der Waals surface area contributed by atoms with E-state index in [-0.39, 0.29) is 11.7 Å². The number of benzene rings is 2. The van der Waals surface area contributed by atoms with Gasteiger partial charge in [0, 0.05) is 11.4 Å². The number of nitrogens with zero attached hydrogens (tertiary/aromatic N) is 6. The highest BCUT2D eigenvalue weighted by molar-refractivity contribution is 7.99. The Balaban J connectivity index is 1.41. The molecule has 4 aromatic rings. The lowest BCUT2D eigenvalue weighted by Gasteiger charge is -2.10.